The Labute approximate surface area is 113 Å². The van der Waals surface area contributed by atoms with Crippen LogP contribution in [0.4, 0.5) is 9.93 Å². The first kappa shape index (κ1) is 14.7. The van der Waals surface area contributed by atoms with E-state index in [1.807, 2.05) is 5.32 Å². The van der Waals surface area contributed by atoms with Gasteiger partial charge in [0.15, 0.2) is 4.34 Å². The Balaban J connectivity index is 2.48. The summed E-state index contributed by atoms with van der Waals surface area (Å²) in [5.74, 6) is -0.439. The van der Waals surface area contributed by atoms with Crippen molar-refractivity contribution in [3.63, 3.8) is 0 Å². The number of hydrogen-bond acceptors (Lipinski definition) is 7. The number of carbonyl (C=O) groups is 2. The van der Waals surface area contributed by atoms with Crippen LogP contribution in [-0.2, 0) is 4.79 Å². The van der Waals surface area contributed by atoms with E-state index >= 15 is 0 Å². The van der Waals surface area contributed by atoms with Crippen LogP contribution in [0.25, 0.3) is 0 Å². The largest absolute Gasteiger partial charge is 0.360 e. The minimum absolute atomic E-state index is 0.439. The van der Waals surface area contributed by atoms with Gasteiger partial charge in [-0.25, -0.2) is 4.79 Å². The molecule has 3 amide bonds. The van der Waals surface area contributed by atoms with Gasteiger partial charge in [-0.1, -0.05) is 30.0 Å². The number of nitrogens with two attached hydrogens (primary N) is 1. The summed E-state index contributed by atoms with van der Waals surface area (Å²) < 4.78 is 0.667. The molecule has 0 saturated heterocycles. The summed E-state index contributed by atoms with van der Waals surface area (Å²) in [4.78, 5) is 22.0. The van der Waals surface area contributed by atoms with Crippen molar-refractivity contribution in [1.82, 2.24) is 15.5 Å². The van der Waals surface area contributed by atoms with Gasteiger partial charge in [0.1, 0.15) is 0 Å². The Morgan fingerprint density at radius 1 is 1.50 bits per heavy atom. The predicted molar refractivity (Wildman–Crippen MR) is 71.7 cm³/mol. The predicted octanol–water partition coefficient (Wildman–Crippen LogP) is 1.04. The quantitative estimate of drug-likeness (QED) is 0.675. The van der Waals surface area contributed by atoms with Crippen molar-refractivity contribution in [2.75, 3.05) is 11.9 Å². The van der Waals surface area contributed by atoms with Crippen LogP contribution in [0, 0.1) is 0 Å². The van der Waals surface area contributed by atoms with E-state index in [9.17, 15) is 9.59 Å². The lowest BCUT2D eigenvalue weighted by Crippen LogP contribution is -2.39. The molecule has 18 heavy (non-hydrogen) atoms. The van der Waals surface area contributed by atoms with E-state index in [-0.39, 0.29) is 0 Å². The highest BCUT2D eigenvalue weighted by molar-refractivity contribution is 8.02. The van der Waals surface area contributed by atoms with Crippen molar-refractivity contribution in [3.8, 4) is 0 Å². The molecule has 0 aliphatic rings. The summed E-state index contributed by atoms with van der Waals surface area (Å²) >= 11 is 2.60. The van der Waals surface area contributed by atoms with Crippen molar-refractivity contribution in [3.05, 3.63) is 0 Å². The number of nitrogens with zero attached hydrogens (tertiary/aromatic N) is 2. The lowest BCUT2D eigenvalue weighted by Gasteiger charge is -2.06. The third kappa shape index (κ3) is 4.88. The summed E-state index contributed by atoms with van der Waals surface area (Å²) in [6.07, 6.45) is 0.999. The molecule has 7 nitrogen and oxygen atoms in total. The zero-order valence-corrected chi connectivity index (χ0v) is 11.7. The molecule has 0 fully saturated rings. The third-order valence-electron chi connectivity index (χ3n) is 1.83. The van der Waals surface area contributed by atoms with Crippen LogP contribution in [0.2, 0.25) is 0 Å². The van der Waals surface area contributed by atoms with Crippen LogP contribution < -0.4 is 16.4 Å². The summed E-state index contributed by atoms with van der Waals surface area (Å²) in [5.41, 5.74) is 4.87. The lowest BCUT2D eigenvalue weighted by atomic mass is 10.4. The first-order valence-electron chi connectivity index (χ1n) is 5.37. The second kappa shape index (κ2) is 7.17. The van der Waals surface area contributed by atoms with Crippen molar-refractivity contribution >= 4 is 40.2 Å². The van der Waals surface area contributed by atoms with Crippen LogP contribution in [0.15, 0.2) is 4.34 Å². The molecule has 1 rings (SSSR count). The van der Waals surface area contributed by atoms with Gasteiger partial charge < -0.3 is 11.1 Å². The highest BCUT2D eigenvalue weighted by atomic mass is 32.2. The maximum absolute atomic E-state index is 11.4. The lowest BCUT2D eigenvalue weighted by molar-refractivity contribution is -0.119. The molecule has 0 aromatic carbocycles. The fourth-order valence-electron chi connectivity index (χ4n) is 0.989. The Hall–Kier alpha value is -1.35. The van der Waals surface area contributed by atoms with E-state index in [1.165, 1.54) is 23.1 Å². The number of anilines is 1. The van der Waals surface area contributed by atoms with E-state index < -0.39 is 17.2 Å². The number of primary amides is 1. The summed E-state index contributed by atoms with van der Waals surface area (Å²) in [7, 11) is 0. The van der Waals surface area contributed by atoms with Crippen molar-refractivity contribution < 1.29 is 9.59 Å². The number of urea groups is 1. The van der Waals surface area contributed by atoms with Crippen molar-refractivity contribution in [1.29, 1.82) is 0 Å². The molecule has 0 spiro atoms. The van der Waals surface area contributed by atoms with Gasteiger partial charge in [0.2, 0.25) is 11.0 Å². The fourth-order valence-corrected chi connectivity index (χ4v) is 2.91. The molecule has 0 aliphatic carbocycles. The zero-order chi connectivity index (χ0) is 13.5. The molecule has 1 aromatic heterocycles. The highest BCUT2D eigenvalue weighted by Gasteiger charge is 2.18. The van der Waals surface area contributed by atoms with Gasteiger partial charge in [-0.15, -0.1) is 10.2 Å². The molecule has 0 bridgehead atoms. The van der Waals surface area contributed by atoms with E-state index in [0.29, 0.717) is 4.34 Å². The van der Waals surface area contributed by atoms with Crippen molar-refractivity contribution in [2.24, 2.45) is 5.73 Å². The number of imide groups is 1. The van der Waals surface area contributed by atoms with Gasteiger partial charge in [0, 0.05) is 6.54 Å². The molecule has 100 valence electrons. The molecule has 0 saturated carbocycles. The number of amides is 3. The highest BCUT2D eigenvalue weighted by Crippen LogP contribution is 2.28. The number of nitrogens with one attached hydrogen (secondary N) is 2. The van der Waals surface area contributed by atoms with Gasteiger partial charge in [-0.2, -0.15) is 0 Å². The van der Waals surface area contributed by atoms with Crippen LogP contribution in [0.3, 0.4) is 0 Å². The molecule has 0 unspecified atom stereocenters. The van der Waals surface area contributed by atoms with Gasteiger partial charge in [-0.3, -0.25) is 10.1 Å². The Kier molecular flexibility index (Phi) is 5.86. The van der Waals surface area contributed by atoms with Crippen LogP contribution in [0.1, 0.15) is 20.3 Å². The fraction of sp³-hybridized carbons (Fsp3) is 0.556. The van der Waals surface area contributed by atoms with E-state index in [0.717, 1.165) is 18.1 Å². The topological polar surface area (TPSA) is 110 Å². The van der Waals surface area contributed by atoms with Crippen LogP contribution >= 0.6 is 23.1 Å². The molecule has 9 heteroatoms. The summed E-state index contributed by atoms with van der Waals surface area (Å²) in [6, 6.07) is -0.852. The van der Waals surface area contributed by atoms with E-state index in [4.69, 9.17) is 5.73 Å². The SMILES string of the molecule is CCCNc1nnc(S[C@H](C)C(=O)NC(N)=O)s1. The number of thioether (sulfide) groups is 1. The molecule has 1 aromatic rings. The minimum atomic E-state index is -0.852. The molecule has 1 heterocycles. The first-order chi connectivity index (χ1) is 8.52. The molecule has 0 aliphatic heterocycles. The van der Waals surface area contributed by atoms with Gasteiger partial charge in [-0.05, 0) is 13.3 Å². The summed E-state index contributed by atoms with van der Waals surface area (Å²) in [6.45, 7) is 4.56. The van der Waals surface area contributed by atoms with Crippen LogP contribution in [-0.4, -0.2) is 33.9 Å². The average molecular weight is 289 g/mol. The van der Waals surface area contributed by atoms with Gasteiger partial charge in [0.05, 0.1) is 5.25 Å². The monoisotopic (exact) mass is 289 g/mol. The number of carbonyl (C=O) groups excluding carboxylic acids is 2. The first-order valence-corrected chi connectivity index (χ1v) is 7.07. The second-order valence-corrected chi connectivity index (χ2v) is 5.98. The Morgan fingerprint density at radius 3 is 2.83 bits per heavy atom. The number of aromatic nitrogens is 2. The standard InChI is InChI=1S/C9H15N5O2S2/c1-3-4-11-8-13-14-9(18-8)17-5(2)6(15)12-7(10)16/h5H,3-4H2,1-2H3,(H,11,13)(H3,10,12,15,16)/t5-/m1/s1. The Bertz CT molecular complexity index is 423. The Morgan fingerprint density at radius 2 is 2.22 bits per heavy atom. The third-order valence-corrected chi connectivity index (χ3v) is 3.89. The molecule has 4 N–H and O–H groups in total. The molecular formula is C9H15N5O2S2. The normalized spacial score (nSPS) is 11.9. The smallest absolute Gasteiger partial charge is 0.318 e. The molecule has 1 atom stereocenters. The number of rotatable bonds is 6. The summed E-state index contributed by atoms with van der Waals surface area (Å²) in [5, 5.41) is 13.3. The molecular weight excluding hydrogens is 274 g/mol. The molecule has 0 radical (unpaired) electrons. The van der Waals surface area contributed by atoms with E-state index in [1.54, 1.807) is 6.92 Å². The minimum Gasteiger partial charge on any atom is -0.360 e. The van der Waals surface area contributed by atoms with Gasteiger partial charge >= 0.3 is 6.03 Å². The van der Waals surface area contributed by atoms with Crippen LogP contribution in [0.5, 0.6) is 0 Å². The second-order valence-electron chi connectivity index (χ2n) is 3.41. The number of hydrogen-bond donors (Lipinski definition) is 3. The maximum Gasteiger partial charge on any atom is 0.318 e. The van der Waals surface area contributed by atoms with E-state index in [2.05, 4.69) is 22.4 Å². The average Bonchev–Trinajstić information content (AvgIpc) is 2.73. The zero-order valence-electron chi connectivity index (χ0n) is 10.1. The maximum atomic E-state index is 11.4. The van der Waals surface area contributed by atoms with Gasteiger partial charge in [0.25, 0.3) is 0 Å². The van der Waals surface area contributed by atoms with Crippen molar-refractivity contribution in [2.45, 2.75) is 29.9 Å².